The van der Waals surface area contributed by atoms with Crippen molar-refractivity contribution in [3.8, 4) is 0 Å². The normalized spacial score (nSPS) is 13.2. The van der Waals surface area contributed by atoms with Gasteiger partial charge in [-0.05, 0) is 27.2 Å². The molecule has 0 fully saturated rings. The minimum atomic E-state index is -1.33. The van der Waals surface area contributed by atoms with E-state index in [0.717, 1.165) is 0 Å². The number of hydrazine groups is 1. The van der Waals surface area contributed by atoms with Crippen LogP contribution in [0, 0.1) is 0 Å². The third-order valence-corrected chi connectivity index (χ3v) is 4.85. The van der Waals surface area contributed by atoms with Crippen molar-refractivity contribution >= 4 is 8.40 Å². The third kappa shape index (κ3) is 3.31. The first kappa shape index (κ1) is 10.1. The van der Waals surface area contributed by atoms with E-state index in [0.29, 0.717) is 0 Å². The molecule has 3 nitrogen and oxygen atoms in total. The van der Waals surface area contributed by atoms with Gasteiger partial charge in [-0.15, -0.1) is 0 Å². The Morgan fingerprint density at radius 2 is 1.40 bits per heavy atom. The molecule has 1 N–H and O–H groups in total. The van der Waals surface area contributed by atoms with Gasteiger partial charge in [0.2, 0.25) is 8.40 Å². The summed E-state index contributed by atoms with van der Waals surface area (Å²) in [5, 5.41) is 5.44. The lowest BCUT2D eigenvalue weighted by Gasteiger charge is -2.33. The lowest BCUT2D eigenvalue weighted by atomic mass is 11.2. The first-order chi connectivity index (χ1) is 4.36. The van der Waals surface area contributed by atoms with E-state index in [1.165, 1.54) is 0 Å². The number of nitrogens with zero attached hydrogens (tertiary/aromatic N) is 2. The van der Waals surface area contributed by atoms with E-state index in [-0.39, 0.29) is 0 Å². The van der Waals surface area contributed by atoms with Gasteiger partial charge in [-0.2, -0.15) is 0 Å². The molecule has 0 aliphatic heterocycles. The lowest BCUT2D eigenvalue weighted by Crippen LogP contribution is -2.60. The van der Waals surface area contributed by atoms with Crippen molar-refractivity contribution in [1.82, 2.24) is 14.7 Å². The van der Waals surface area contributed by atoms with Crippen molar-refractivity contribution in [2.24, 2.45) is 0 Å². The van der Waals surface area contributed by atoms with Crippen molar-refractivity contribution in [3.05, 3.63) is 0 Å². The van der Waals surface area contributed by atoms with Crippen LogP contribution in [0.5, 0.6) is 0 Å². The third-order valence-electron chi connectivity index (χ3n) is 1.62. The molecule has 0 aliphatic carbocycles. The molecule has 0 radical (unpaired) electrons. The van der Waals surface area contributed by atoms with Crippen LogP contribution >= 0.6 is 0 Å². The average molecular weight is 161 g/mol. The van der Waals surface area contributed by atoms with Gasteiger partial charge in [-0.1, -0.05) is 0 Å². The van der Waals surface area contributed by atoms with Crippen LogP contribution in [0.4, 0.5) is 0 Å². The molecule has 62 valence electrons. The predicted octanol–water partition coefficient (Wildman–Crippen LogP) is 0.316. The number of rotatable bonds is 3. The van der Waals surface area contributed by atoms with Gasteiger partial charge in [0, 0.05) is 14.1 Å². The van der Waals surface area contributed by atoms with Gasteiger partial charge in [0.25, 0.3) is 0 Å². The molecule has 0 spiro atoms. The summed E-state index contributed by atoms with van der Waals surface area (Å²) in [6.07, 6.45) is 0. The summed E-state index contributed by atoms with van der Waals surface area (Å²) in [4.78, 5) is 0. The van der Waals surface area contributed by atoms with E-state index in [4.69, 9.17) is 0 Å². The standard InChI is InChI=1S/C6H19N3Si/c1-8(2)7-10(5,6)9(3)4/h7H,1-6H3. The molecule has 0 aromatic heterocycles. The van der Waals surface area contributed by atoms with Gasteiger partial charge in [-0.3, -0.25) is 10.1 Å². The van der Waals surface area contributed by atoms with E-state index < -0.39 is 8.40 Å². The monoisotopic (exact) mass is 161 g/mol. The zero-order valence-electron chi connectivity index (χ0n) is 7.89. The van der Waals surface area contributed by atoms with Crippen LogP contribution in [-0.4, -0.2) is 46.2 Å². The molecule has 0 atom stereocenters. The second-order valence-corrected chi connectivity index (χ2v) is 7.70. The first-order valence-electron chi connectivity index (χ1n) is 3.49. The number of hydrogen-bond acceptors (Lipinski definition) is 3. The first-order valence-corrected chi connectivity index (χ1v) is 6.43. The van der Waals surface area contributed by atoms with E-state index in [2.05, 4.69) is 36.8 Å². The molecule has 4 heteroatoms. The second-order valence-electron chi connectivity index (χ2n) is 3.46. The maximum absolute atomic E-state index is 3.42. The van der Waals surface area contributed by atoms with Crippen LogP contribution in [0.3, 0.4) is 0 Å². The predicted molar refractivity (Wildman–Crippen MR) is 48.0 cm³/mol. The van der Waals surface area contributed by atoms with E-state index in [1.54, 1.807) is 0 Å². The maximum atomic E-state index is 3.42. The molecule has 0 saturated heterocycles. The minimum Gasteiger partial charge on any atom is -0.317 e. The zero-order chi connectivity index (χ0) is 8.36. The summed E-state index contributed by atoms with van der Waals surface area (Å²) in [6.45, 7) is 4.54. The fraction of sp³-hybridized carbons (Fsp3) is 1.00. The SMILES string of the molecule is CN(C)N[Si](C)(C)N(C)C. The molecule has 0 unspecified atom stereocenters. The molecule has 10 heavy (non-hydrogen) atoms. The zero-order valence-corrected chi connectivity index (χ0v) is 8.89. The Hall–Kier alpha value is 0.0969. The number of nitrogens with one attached hydrogen (secondary N) is 1. The molecule has 0 aromatic carbocycles. The highest BCUT2D eigenvalue weighted by molar-refractivity contribution is 6.71. The van der Waals surface area contributed by atoms with E-state index >= 15 is 0 Å². The maximum Gasteiger partial charge on any atom is 0.211 e. The van der Waals surface area contributed by atoms with Crippen molar-refractivity contribution < 1.29 is 0 Å². The summed E-state index contributed by atoms with van der Waals surface area (Å²) >= 11 is 0. The van der Waals surface area contributed by atoms with Crippen LogP contribution in [-0.2, 0) is 0 Å². The molecule has 0 aromatic rings. The van der Waals surface area contributed by atoms with E-state index in [1.807, 2.05) is 19.1 Å². The number of hydrogen-bond donors (Lipinski definition) is 1. The molecule has 0 amide bonds. The molecule has 0 aliphatic rings. The Bertz CT molecular complexity index is 101. The average Bonchev–Trinajstić information content (AvgIpc) is 1.60. The van der Waals surface area contributed by atoms with Gasteiger partial charge in [-0.25, -0.2) is 0 Å². The topological polar surface area (TPSA) is 18.5 Å². The highest BCUT2D eigenvalue weighted by Gasteiger charge is 2.23. The Morgan fingerprint density at radius 1 is 1.00 bits per heavy atom. The summed E-state index contributed by atoms with van der Waals surface area (Å²) in [5.74, 6) is 0. The van der Waals surface area contributed by atoms with Crippen molar-refractivity contribution in [2.45, 2.75) is 13.1 Å². The Kier molecular flexibility index (Phi) is 3.51. The van der Waals surface area contributed by atoms with Crippen LogP contribution in [0.25, 0.3) is 0 Å². The summed E-state index contributed by atoms with van der Waals surface area (Å²) in [6, 6.07) is 0. The fourth-order valence-electron chi connectivity index (χ4n) is 0.647. The molecule has 0 heterocycles. The van der Waals surface area contributed by atoms with Gasteiger partial charge in [0.15, 0.2) is 0 Å². The minimum absolute atomic E-state index is 1.33. The summed E-state index contributed by atoms with van der Waals surface area (Å²) in [5.41, 5.74) is 0. The second kappa shape index (κ2) is 3.48. The van der Waals surface area contributed by atoms with Crippen molar-refractivity contribution in [3.63, 3.8) is 0 Å². The molecular weight excluding hydrogens is 142 g/mol. The van der Waals surface area contributed by atoms with E-state index in [9.17, 15) is 0 Å². The largest absolute Gasteiger partial charge is 0.317 e. The molecule has 0 rings (SSSR count). The Morgan fingerprint density at radius 3 is 1.50 bits per heavy atom. The highest BCUT2D eigenvalue weighted by atomic mass is 28.3. The Labute approximate surface area is 65.1 Å². The fourth-order valence-corrected chi connectivity index (χ4v) is 1.94. The quantitative estimate of drug-likeness (QED) is 0.475. The van der Waals surface area contributed by atoms with Crippen molar-refractivity contribution in [1.29, 1.82) is 0 Å². The summed E-state index contributed by atoms with van der Waals surface area (Å²) < 4.78 is 2.27. The van der Waals surface area contributed by atoms with Crippen LogP contribution < -0.4 is 5.09 Å². The van der Waals surface area contributed by atoms with Crippen LogP contribution in [0.1, 0.15) is 0 Å². The highest BCUT2D eigenvalue weighted by Crippen LogP contribution is 1.99. The Balaban J connectivity index is 3.87. The van der Waals surface area contributed by atoms with Crippen LogP contribution in [0.15, 0.2) is 0 Å². The van der Waals surface area contributed by atoms with Gasteiger partial charge in [0.05, 0.1) is 0 Å². The van der Waals surface area contributed by atoms with Gasteiger partial charge >= 0.3 is 0 Å². The smallest absolute Gasteiger partial charge is 0.211 e. The van der Waals surface area contributed by atoms with Gasteiger partial charge < -0.3 is 4.57 Å². The van der Waals surface area contributed by atoms with Crippen molar-refractivity contribution in [2.75, 3.05) is 28.2 Å². The lowest BCUT2D eigenvalue weighted by molar-refractivity contribution is 0.344. The summed E-state index contributed by atoms with van der Waals surface area (Å²) in [7, 11) is 6.95. The van der Waals surface area contributed by atoms with Crippen LogP contribution in [0.2, 0.25) is 13.1 Å². The van der Waals surface area contributed by atoms with Gasteiger partial charge in [0.1, 0.15) is 0 Å². The molecule has 0 saturated carbocycles. The molecule has 0 bridgehead atoms. The molecular formula is C6H19N3Si.